The van der Waals surface area contributed by atoms with Crippen LogP contribution in [0.2, 0.25) is 0 Å². The molecule has 0 aliphatic heterocycles. The molecule has 3 rings (SSSR count). The largest absolute Gasteiger partial charge is 0.482 e. The smallest absolute Gasteiger partial charge is 0.410 e. The van der Waals surface area contributed by atoms with Crippen molar-refractivity contribution >= 4 is 17.9 Å². The van der Waals surface area contributed by atoms with Gasteiger partial charge in [-0.05, 0) is 45.4 Å². The summed E-state index contributed by atoms with van der Waals surface area (Å²) in [5.41, 5.74) is 7.84. The Balaban J connectivity index is 2.02. The highest BCUT2D eigenvalue weighted by molar-refractivity contribution is 5.91. The maximum Gasteiger partial charge on any atom is 0.410 e. The molecule has 0 fully saturated rings. The third-order valence-electron chi connectivity index (χ3n) is 6.00. The minimum absolute atomic E-state index is 0.0541. The highest BCUT2D eigenvalue weighted by atomic mass is 19.1. The number of hydrogen-bond donors (Lipinski definition) is 1. The van der Waals surface area contributed by atoms with Crippen LogP contribution in [0.1, 0.15) is 61.8 Å². The zero-order chi connectivity index (χ0) is 29.8. The van der Waals surface area contributed by atoms with Crippen LogP contribution in [-0.4, -0.2) is 58.6 Å². The van der Waals surface area contributed by atoms with E-state index in [1.807, 2.05) is 6.92 Å². The maximum absolute atomic E-state index is 13.9. The van der Waals surface area contributed by atoms with Gasteiger partial charge in [-0.1, -0.05) is 13.0 Å². The fourth-order valence-corrected chi connectivity index (χ4v) is 4.08. The molecule has 0 saturated carbocycles. The van der Waals surface area contributed by atoms with Gasteiger partial charge in [-0.3, -0.25) is 4.68 Å². The summed E-state index contributed by atoms with van der Waals surface area (Å²) in [7, 11) is 6.08. The first-order chi connectivity index (χ1) is 18.8. The number of halogens is 1. The van der Waals surface area contributed by atoms with Crippen LogP contribution in [0, 0.1) is 5.82 Å². The summed E-state index contributed by atoms with van der Waals surface area (Å²) in [5.74, 6) is -0.600. The van der Waals surface area contributed by atoms with Gasteiger partial charge in [0.05, 0.1) is 37.6 Å². The van der Waals surface area contributed by atoms with Crippen molar-refractivity contribution in [3.05, 3.63) is 53.1 Å². The summed E-state index contributed by atoms with van der Waals surface area (Å²) in [6.45, 7) is 7.40. The van der Waals surface area contributed by atoms with Crippen molar-refractivity contribution in [2.75, 3.05) is 27.0 Å². The molecule has 11 nitrogen and oxygen atoms in total. The molecule has 2 aromatic heterocycles. The molecule has 3 aromatic rings. The van der Waals surface area contributed by atoms with E-state index in [-0.39, 0.29) is 23.7 Å². The third kappa shape index (κ3) is 6.80. The molecular formula is C28H36FN5O6. The Labute approximate surface area is 233 Å². The molecule has 0 bridgehead atoms. The number of nitrogen functional groups attached to an aromatic ring is 1. The predicted molar refractivity (Wildman–Crippen MR) is 147 cm³/mol. The number of nitrogens with zero attached hydrogens (tertiary/aromatic N) is 4. The zero-order valence-corrected chi connectivity index (χ0v) is 24.1. The van der Waals surface area contributed by atoms with E-state index in [0.717, 1.165) is 6.07 Å². The first kappa shape index (κ1) is 30.2. The number of aryl methyl sites for hydroxylation is 1. The van der Waals surface area contributed by atoms with Crippen LogP contribution in [0.25, 0.3) is 11.1 Å². The van der Waals surface area contributed by atoms with Crippen LogP contribution in [-0.2, 0) is 23.1 Å². The van der Waals surface area contributed by atoms with E-state index in [1.165, 1.54) is 31.3 Å². The minimum Gasteiger partial charge on any atom is -0.482 e. The molecule has 0 aliphatic rings. The van der Waals surface area contributed by atoms with Crippen LogP contribution in [0.5, 0.6) is 11.6 Å². The number of pyridine rings is 1. The SMILES string of the molecule is CCC(Oc1cc(-c2c(OC)nn(C)c2CN(C)C(=O)OC(C)(C)C)cnc1N)c1ccc(F)cc1C(=O)OC. The molecule has 216 valence electrons. The van der Waals surface area contributed by atoms with E-state index in [2.05, 4.69) is 10.1 Å². The number of rotatable bonds is 9. The van der Waals surface area contributed by atoms with Gasteiger partial charge in [-0.2, -0.15) is 0 Å². The summed E-state index contributed by atoms with van der Waals surface area (Å²) < 4.78 is 37.7. The average Bonchev–Trinajstić information content (AvgIpc) is 3.21. The quantitative estimate of drug-likeness (QED) is 0.365. The van der Waals surface area contributed by atoms with Crippen LogP contribution < -0.4 is 15.2 Å². The fraction of sp³-hybridized carbons (Fsp3) is 0.429. The Hall–Kier alpha value is -4.35. The molecule has 1 unspecified atom stereocenters. The Morgan fingerprint density at radius 1 is 1.20 bits per heavy atom. The summed E-state index contributed by atoms with van der Waals surface area (Å²) in [6, 6.07) is 5.53. The second-order valence-electron chi connectivity index (χ2n) is 10.1. The number of ether oxygens (including phenoxy) is 4. The van der Waals surface area contributed by atoms with Crippen molar-refractivity contribution in [1.82, 2.24) is 19.7 Å². The predicted octanol–water partition coefficient (Wildman–Crippen LogP) is 4.90. The number of methoxy groups -OCH3 is 2. The standard InChI is InChI=1S/C28H36FN5O6/c1-9-21(18-11-10-17(29)13-19(18)26(35)38-8)39-22-12-16(14-31-24(22)30)23-20(34(6)32-25(23)37-7)15-33(5)27(36)40-28(2,3)4/h10-14,21H,9,15H2,1-8H3,(H2,30,31). The molecule has 1 amide bonds. The number of benzene rings is 1. The molecule has 1 aromatic carbocycles. The summed E-state index contributed by atoms with van der Waals surface area (Å²) in [4.78, 5) is 30.7. The average molecular weight is 558 g/mol. The van der Waals surface area contributed by atoms with Gasteiger partial charge in [0, 0.05) is 31.4 Å². The van der Waals surface area contributed by atoms with E-state index < -0.39 is 29.6 Å². The van der Waals surface area contributed by atoms with Gasteiger partial charge in [-0.25, -0.2) is 19.0 Å². The van der Waals surface area contributed by atoms with Crippen LogP contribution in [0.3, 0.4) is 0 Å². The normalized spacial score (nSPS) is 12.0. The van der Waals surface area contributed by atoms with Gasteiger partial charge in [0.15, 0.2) is 11.6 Å². The molecule has 12 heteroatoms. The first-order valence-corrected chi connectivity index (χ1v) is 12.6. The Morgan fingerprint density at radius 3 is 2.50 bits per heavy atom. The Bertz CT molecular complexity index is 1380. The van der Waals surface area contributed by atoms with Gasteiger partial charge in [0.2, 0.25) is 5.88 Å². The van der Waals surface area contributed by atoms with Gasteiger partial charge < -0.3 is 29.6 Å². The van der Waals surface area contributed by atoms with Crippen molar-refractivity contribution in [1.29, 1.82) is 0 Å². The highest BCUT2D eigenvalue weighted by Gasteiger charge is 2.27. The number of nitrogens with two attached hydrogens (primary N) is 1. The van der Waals surface area contributed by atoms with Gasteiger partial charge in [0.1, 0.15) is 17.5 Å². The van der Waals surface area contributed by atoms with Crippen LogP contribution in [0.15, 0.2) is 30.5 Å². The summed E-state index contributed by atoms with van der Waals surface area (Å²) in [6.07, 6.45) is 0.825. The third-order valence-corrected chi connectivity index (χ3v) is 6.00. The second-order valence-corrected chi connectivity index (χ2v) is 10.1. The van der Waals surface area contributed by atoms with Crippen LogP contribution >= 0.6 is 0 Å². The zero-order valence-electron chi connectivity index (χ0n) is 24.1. The molecule has 1 atom stereocenters. The van der Waals surface area contributed by atoms with Crippen molar-refractivity contribution in [2.24, 2.45) is 7.05 Å². The Kier molecular flexibility index (Phi) is 9.23. The molecular weight excluding hydrogens is 521 g/mol. The highest BCUT2D eigenvalue weighted by Crippen LogP contribution is 2.38. The van der Waals surface area contributed by atoms with E-state index in [9.17, 15) is 14.0 Å². The maximum atomic E-state index is 13.9. The molecule has 0 spiro atoms. The van der Waals surface area contributed by atoms with E-state index >= 15 is 0 Å². The molecule has 2 heterocycles. The van der Waals surface area contributed by atoms with Gasteiger partial charge in [0.25, 0.3) is 0 Å². The van der Waals surface area contributed by atoms with E-state index in [1.54, 1.807) is 51.8 Å². The summed E-state index contributed by atoms with van der Waals surface area (Å²) in [5, 5.41) is 4.45. The number of hydrogen-bond acceptors (Lipinski definition) is 9. The topological polar surface area (TPSA) is 131 Å². The van der Waals surface area contributed by atoms with Gasteiger partial charge in [-0.15, -0.1) is 5.10 Å². The van der Waals surface area contributed by atoms with E-state index in [4.69, 9.17) is 24.7 Å². The number of aromatic nitrogens is 3. The van der Waals surface area contributed by atoms with E-state index in [0.29, 0.717) is 34.7 Å². The number of carbonyl (C=O) groups is 2. The van der Waals surface area contributed by atoms with Crippen molar-refractivity contribution in [2.45, 2.75) is 52.4 Å². The number of carbonyl (C=O) groups excluding carboxylic acids is 2. The summed E-state index contributed by atoms with van der Waals surface area (Å²) >= 11 is 0. The first-order valence-electron chi connectivity index (χ1n) is 12.6. The lowest BCUT2D eigenvalue weighted by molar-refractivity contribution is 0.0281. The number of amides is 1. The Morgan fingerprint density at radius 2 is 1.90 bits per heavy atom. The van der Waals surface area contributed by atoms with Crippen molar-refractivity contribution in [3.8, 4) is 22.8 Å². The van der Waals surface area contributed by atoms with Crippen molar-refractivity contribution in [3.63, 3.8) is 0 Å². The number of esters is 1. The molecule has 2 N–H and O–H groups in total. The second kappa shape index (κ2) is 12.2. The lowest BCUT2D eigenvalue weighted by Gasteiger charge is -2.25. The van der Waals surface area contributed by atoms with Crippen molar-refractivity contribution < 1.29 is 32.9 Å². The van der Waals surface area contributed by atoms with Gasteiger partial charge >= 0.3 is 12.1 Å². The molecule has 40 heavy (non-hydrogen) atoms. The monoisotopic (exact) mass is 557 g/mol. The lowest BCUT2D eigenvalue weighted by atomic mass is 10.00. The fourth-order valence-electron chi connectivity index (χ4n) is 4.08. The lowest BCUT2D eigenvalue weighted by Crippen LogP contribution is -2.34. The minimum atomic E-state index is -0.685. The molecule has 0 saturated heterocycles. The number of anilines is 1. The molecule has 0 aliphatic carbocycles. The molecule has 0 radical (unpaired) electrons. The van der Waals surface area contributed by atoms with Crippen LogP contribution in [0.4, 0.5) is 15.0 Å².